The Morgan fingerprint density at radius 3 is 2.20 bits per heavy atom. The van der Waals surface area contributed by atoms with E-state index in [1.807, 2.05) is 27.7 Å². The molecule has 10 heteroatoms. The van der Waals surface area contributed by atoms with E-state index in [1.54, 1.807) is 61.5 Å². The smallest absolute Gasteiger partial charge is 0.264 e. The van der Waals surface area contributed by atoms with Gasteiger partial charge in [-0.3, -0.25) is 13.9 Å². The summed E-state index contributed by atoms with van der Waals surface area (Å²) in [6.45, 7) is 9.33. The second-order valence-corrected chi connectivity index (χ2v) is 13.1. The van der Waals surface area contributed by atoms with E-state index in [2.05, 4.69) is 5.32 Å². The summed E-state index contributed by atoms with van der Waals surface area (Å²) >= 11 is 12.6. The van der Waals surface area contributed by atoms with Crippen LogP contribution in [0, 0.1) is 19.8 Å². The van der Waals surface area contributed by atoms with Crippen molar-refractivity contribution in [1.29, 1.82) is 0 Å². The number of hydrogen-bond acceptors (Lipinski definition) is 4. The molecule has 1 unspecified atom stereocenters. The van der Waals surface area contributed by atoms with Crippen molar-refractivity contribution >= 4 is 50.7 Å². The molecule has 2 amide bonds. The summed E-state index contributed by atoms with van der Waals surface area (Å²) < 4.78 is 29.1. The Kier molecular flexibility index (Phi) is 11.2. The van der Waals surface area contributed by atoms with E-state index in [0.29, 0.717) is 39.8 Å². The number of aryl methyl sites for hydroxylation is 2. The fraction of sp³-hybridized carbons (Fsp3) is 0.355. The summed E-state index contributed by atoms with van der Waals surface area (Å²) in [5.41, 5.74) is 2.45. The highest BCUT2D eigenvalue weighted by Crippen LogP contribution is 2.30. The van der Waals surface area contributed by atoms with E-state index >= 15 is 0 Å². The van der Waals surface area contributed by atoms with Crippen molar-refractivity contribution in [2.45, 2.75) is 58.5 Å². The first-order chi connectivity index (χ1) is 19.3. The molecule has 0 aromatic heterocycles. The summed E-state index contributed by atoms with van der Waals surface area (Å²) in [5.74, 6) is -0.633. The number of carbonyl (C=O) groups excluding carboxylic acids is 2. The quantitative estimate of drug-likeness (QED) is 0.255. The Labute approximate surface area is 253 Å². The number of anilines is 1. The molecule has 41 heavy (non-hydrogen) atoms. The second kappa shape index (κ2) is 14.2. The lowest BCUT2D eigenvalue weighted by Gasteiger charge is -2.34. The molecule has 0 saturated heterocycles. The van der Waals surface area contributed by atoms with Crippen molar-refractivity contribution in [1.82, 2.24) is 10.2 Å². The van der Waals surface area contributed by atoms with Gasteiger partial charge in [-0.05, 0) is 73.7 Å². The van der Waals surface area contributed by atoms with E-state index in [1.165, 1.54) is 17.0 Å². The van der Waals surface area contributed by atoms with Crippen molar-refractivity contribution in [2.75, 3.05) is 17.4 Å². The molecule has 0 saturated carbocycles. The molecule has 0 spiro atoms. The highest BCUT2D eigenvalue weighted by atomic mass is 35.5. The Balaban J connectivity index is 2.09. The van der Waals surface area contributed by atoms with Crippen molar-refractivity contribution in [3.05, 3.63) is 93.5 Å². The van der Waals surface area contributed by atoms with Gasteiger partial charge in [-0.2, -0.15) is 0 Å². The lowest BCUT2D eigenvalue weighted by Crippen LogP contribution is -2.52. The largest absolute Gasteiger partial charge is 0.354 e. The second-order valence-electron chi connectivity index (χ2n) is 10.4. The van der Waals surface area contributed by atoms with Crippen LogP contribution in [0.25, 0.3) is 0 Å². The van der Waals surface area contributed by atoms with Crippen LogP contribution in [-0.2, 0) is 26.2 Å². The standard InChI is InChI=1S/C31H37Cl2N3O4S/c1-6-28(31(38)34-18-21(2)3)35(19-24-9-7-8-10-27(24)33)30(37)20-36(29-16-13-25(32)17-23(29)5)41(39,40)26-14-11-22(4)12-15-26/h7-17,21,28H,6,18-20H2,1-5H3,(H,34,38). The van der Waals surface area contributed by atoms with Crippen molar-refractivity contribution in [2.24, 2.45) is 5.92 Å². The van der Waals surface area contributed by atoms with Crippen molar-refractivity contribution < 1.29 is 18.0 Å². The predicted octanol–water partition coefficient (Wildman–Crippen LogP) is 6.39. The van der Waals surface area contributed by atoms with Gasteiger partial charge < -0.3 is 10.2 Å². The Morgan fingerprint density at radius 1 is 0.951 bits per heavy atom. The number of nitrogens with zero attached hydrogens (tertiary/aromatic N) is 2. The number of sulfonamides is 1. The first kappa shape index (κ1) is 32.4. The topological polar surface area (TPSA) is 86.8 Å². The summed E-state index contributed by atoms with van der Waals surface area (Å²) in [5, 5.41) is 3.81. The molecule has 3 rings (SSSR count). The molecule has 1 N–H and O–H groups in total. The minimum atomic E-state index is -4.17. The Bertz CT molecular complexity index is 1480. The average molecular weight is 619 g/mol. The van der Waals surface area contributed by atoms with Crippen molar-refractivity contribution in [3.63, 3.8) is 0 Å². The highest BCUT2D eigenvalue weighted by Gasteiger charge is 2.34. The maximum Gasteiger partial charge on any atom is 0.264 e. The lowest BCUT2D eigenvalue weighted by molar-refractivity contribution is -0.140. The minimum absolute atomic E-state index is 0.0319. The fourth-order valence-electron chi connectivity index (χ4n) is 4.40. The molecule has 0 aliphatic heterocycles. The van der Waals surface area contributed by atoms with E-state index in [-0.39, 0.29) is 23.3 Å². The van der Waals surface area contributed by atoms with Gasteiger partial charge >= 0.3 is 0 Å². The summed E-state index contributed by atoms with van der Waals surface area (Å²) in [6, 6.07) is 17.5. The van der Waals surface area contributed by atoms with Gasteiger partial charge in [-0.25, -0.2) is 8.42 Å². The zero-order valence-corrected chi connectivity index (χ0v) is 26.4. The number of benzene rings is 3. The number of amides is 2. The van der Waals surface area contributed by atoms with Crippen LogP contribution >= 0.6 is 23.2 Å². The van der Waals surface area contributed by atoms with E-state index in [0.717, 1.165) is 9.87 Å². The van der Waals surface area contributed by atoms with Crippen LogP contribution < -0.4 is 9.62 Å². The molecule has 0 aliphatic rings. The molecule has 0 fully saturated rings. The molecular weight excluding hydrogens is 581 g/mol. The molecule has 3 aromatic rings. The highest BCUT2D eigenvalue weighted by molar-refractivity contribution is 7.92. The van der Waals surface area contributed by atoms with Crippen LogP contribution in [0.5, 0.6) is 0 Å². The Morgan fingerprint density at radius 2 is 1.61 bits per heavy atom. The van der Waals surface area contributed by atoms with Gasteiger partial charge in [-0.1, -0.05) is 79.9 Å². The van der Waals surface area contributed by atoms with Crippen LogP contribution in [0.1, 0.15) is 43.9 Å². The maximum absolute atomic E-state index is 14.2. The van der Waals surface area contributed by atoms with Crippen LogP contribution in [-0.4, -0.2) is 44.3 Å². The van der Waals surface area contributed by atoms with E-state index < -0.39 is 28.5 Å². The lowest BCUT2D eigenvalue weighted by atomic mass is 10.1. The summed E-state index contributed by atoms with van der Waals surface area (Å²) in [6.07, 6.45) is 0.324. The van der Waals surface area contributed by atoms with Gasteiger partial charge in [0, 0.05) is 23.1 Å². The molecule has 1 atom stereocenters. The van der Waals surface area contributed by atoms with Crippen LogP contribution in [0.4, 0.5) is 5.69 Å². The first-order valence-electron chi connectivity index (χ1n) is 13.5. The summed E-state index contributed by atoms with van der Waals surface area (Å²) in [7, 11) is -4.17. The molecule has 220 valence electrons. The molecule has 0 aliphatic carbocycles. The van der Waals surface area contributed by atoms with E-state index in [9.17, 15) is 18.0 Å². The maximum atomic E-state index is 14.2. The van der Waals surface area contributed by atoms with Gasteiger partial charge in [0.15, 0.2) is 0 Å². The number of halogens is 2. The monoisotopic (exact) mass is 617 g/mol. The zero-order valence-electron chi connectivity index (χ0n) is 24.0. The minimum Gasteiger partial charge on any atom is -0.354 e. The zero-order chi connectivity index (χ0) is 30.3. The SMILES string of the molecule is CCC(C(=O)NCC(C)C)N(Cc1ccccc1Cl)C(=O)CN(c1ccc(Cl)cc1C)S(=O)(=O)c1ccc(C)cc1. The van der Waals surface area contributed by atoms with Gasteiger partial charge in [0.25, 0.3) is 10.0 Å². The third-order valence-electron chi connectivity index (χ3n) is 6.68. The van der Waals surface area contributed by atoms with Gasteiger partial charge in [-0.15, -0.1) is 0 Å². The van der Waals surface area contributed by atoms with Crippen molar-refractivity contribution in [3.8, 4) is 0 Å². The molecule has 3 aromatic carbocycles. The van der Waals surface area contributed by atoms with Gasteiger partial charge in [0.2, 0.25) is 11.8 Å². The van der Waals surface area contributed by atoms with Gasteiger partial charge in [0.05, 0.1) is 10.6 Å². The van der Waals surface area contributed by atoms with Crippen LogP contribution in [0.15, 0.2) is 71.6 Å². The molecule has 0 heterocycles. The molecule has 0 radical (unpaired) electrons. The summed E-state index contributed by atoms with van der Waals surface area (Å²) in [4.78, 5) is 28.9. The van der Waals surface area contributed by atoms with Crippen LogP contribution in [0.2, 0.25) is 10.0 Å². The number of carbonyl (C=O) groups is 2. The molecule has 0 bridgehead atoms. The van der Waals surface area contributed by atoms with Gasteiger partial charge in [0.1, 0.15) is 12.6 Å². The molecule has 7 nitrogen and oxygen atoms in total. The third-order valence-corrected chi connectivity index (χ3v) is 9.06. The Hall–Kier alpha value is -3.07. The molecular formula is C31H37Cl2N3O4S. The number of nitrogens with one attached hydrogen (secondary N) is 1. The van der Waals surface area contributed by atoms with Crippen LogP contribution in [0.3, 0.4) is 0 Å². The number of hydrogen-bond donors (Lipinski definition) is 1. The first-order valence-corrected chi connectivity index (χ1v) is 15.7. The number of rotatable bonds is 12. The normalized spacial score (nSPS) is 12.2. The predicted molar refractivity (Wildman–Crippen MR) is 166 cm³/mol. The van der Waals surface area contributed by atoms with E-state index in [4.69, 9.17) is 23.2 Å². The fourth-order valence-corrected chi connectivity index (χ4v) is 6.30. The average Bonchev–Trinajstić information content (AvgIpc) is 2.92. The third kappa shape index (κ3) is 8.24.